The van der Waals surface area contributed by atoms with Crippen LogP contribution in [0.15, 0.2) is 47.6 Å². The van der Waals surface area contributed by atoms with Gasteiger partial charge in [0.1, 0.15) is 5.75 Å². The molecule has 1 heterocycles. The average molecular weight is 315 g/mol. The van der Waals surface area contributed by atoms with Crippen LogP contribution in [0.5, 0.6) is 5.75 Å². The van der Waals surface area contributed by atoms with E-state index in [1.165, 1.54) is 12.1 Å². The van der Waals surface area contributed by atoms with Crippen LogP contribution >= 0.6 is 11.8 Å². The first-order valence-electron chi connectivity index (χ1n) is 6.55. The zero-order chi connectivity index (χ0) is 15.5. The Morgan fingerprint density at radius 1 is 1.27 bits per heavy atom. The number of nitrogens with one attached hydrogen (secondary N) is 1. The zero-order valence-electron chi connectivity index (χ0n) is 11.8. The molecule has 0 amide bonds. The van der Waals surface area contributed by atoms with E-state index in [2.05, 4.69) is 9.97 Å². The largest absolute Gasteiger partial charge is 0.497 e. The first kappa shape index (κ1) is 14.4. The Bertz CT molecular complexity index is 815. The van der Waals surface area contributed by atoms with Gasteiger partial charge in [0.05, 0.1) is 23.1 Å². The van der Waals surface area contributed by atoms with Crippen LogP contribution in [-0.2, 0) is 5.75 Å². The predicted octanol–water partition coefficient (Wildman–Crippen LogP) is 3.77. The number of aromatic amines is 1. The minimum absolute atomic E-state index is 0.101. The summed E-state index contributed by atoms with van der Waals surface area (Å²) in [6.07, 6.45) is 0. The first-order chi connectivity index (χ1) is 10.7. The van der Waals surface area contributed by atoms with Crippen LogP contribution in [0.2, 0.25) is 0 Å². The van der Waals surface area contributed by atoms with Crippen LogP contribution in [-0.4, -0.2) is 22.0 Å². The van der Waals surface area contributed by atoms with Gasteiger partial charge in [-0.05, 0) is 17.7 Å². The average Bonchev–Trinajstić information content (AvgIpc) is 2.95. The summed E-state index contributed by atoms with van der Waals surface area (Å²) in [5.41, 5.74) is 2.91. The van der Waals surface area contributed by atoms with E-state index >= 15 is 0 Å². The molecule has 0 bridgehead atoms. The second-order valence-corrected chi connectivity index (χ2v) is 5.60. The van der Waals surface area contributed by atoms with Crippen molar-refractivity contribution in [3.05, 3.63) is 58.1 Å². The molecule has 0 aliphatic carbocycles. The molecule has 0 atom stereocenters. The molecule has 0 radical (unpaired) electrons. The summed E-state index contributed by atoms with van der Waals surface area (Å²) in [6.45, 7) is 0. The summed E-state index contributed by atoms with van der Waals surface area (Å²) in [7, 11) is 1.63. The Balaban J connectivity index is 1.71. The maximum Gasteiger partial charge on any atom is 0.269 e. The molecule has 0 saturated heterocycles. The van der Waals surface area contributed by atoms with Crippen molar-refractivity contribution in [2.24, 2.45) is 0 Å². The summed E-state index contributed by atoms with van der Waals surface area (Å²) in [5.74, 6) is 1.47. The molecule has 0 saturated carbocycles. The molecule has 22 heavy (non-hydrogen) atoms. The fourth-order valence-electron chi connectivity index (χ4n) is 2.03. The third-order valence-corrected chi connectivity index (χ3v) is 4.13. The highest BCUT2D eigenvalue weighted by molar-refractivity contribution is 7.98. The smallest absolute Gasteiger partial charge is 0.269 e. The molecule has 0 aliphatic heterocycles. The van der Waals surface area contributed by atoms with Gasteiger partial charge in [-0.1, -0.05) is 23.9 Å². The van der Waals surface area contributed by atoms with Crippen molar-refractivity contribution in [3.63, 3.8) is 0 Å². The fraction of sp³-hybridized carbons (Fsp3) is 0.133. The number of hydrogen-bond acceptors (Lipinski definition) is 5. The molecule has 0 fully saturated rings. The summed E-state index contributed by atoms with van der Waals surface area (Å²) < 4.78 is 5.18. The lowest BCUT2D eigenvalue weighted by atomic mass is 10.2. The number of non-ortho nitro benzene ring substituents is 1. The van der Waals surface area contributed by atoms with Gasteiger partial charge >= 0.3 is 0 Å². The van der Waals surface area contributed by atoms with Gasteiger partial charge in [-0.3, -0.25) is 10.1 Å². The van der Waals surface area contributed by atoms with Crippen LogP contribution in [0.4, 0.5) is 5.69 Å². The number of fused-ring (bicyclic) bond motifs is 1. The van der Waals surface area contributed by atoms with E-state index in [0.717, 1.165) is 27.5 Å². The quantitative estimate of drug-likeness (QED) is 0.440. The SMILES string of the molecule is COc1ccc2nc(SCc3ccc([N+](=O)[O-])cc3)[nH]c2c1. The van der Waals surface area contributed by atoms with Crippen molar-refractivity contribution in [2.45, 2.75) is 10.9 Å². The van der Waals surface area contributed by atoms with Crippen LogP contribution in [0.25, 0.3) is 11.0 Å². The van der Waals surface area contributed by atoms with E-state index in [0.29, 0.717) is 5.75 Å². The van der Waals surface area contributed by atoms with Crippen molar-refractivity contribution >= 4 is 28.5 Å². The monoisotopic (exact) mass is 315 g/mol. The molecule has 0 aliphatic rings. The number of H-pyrrole nitrogens is 1. The van der Waals surface area contributed by atoms with E-state index in [4.69, 9.17) is 4.74 Å². The third-order valence-electron chi connectivity index (χ3n) is 3.19. The molecule has 1 aromatic heterocycles. The van der Waals surface area contributed by atoms with E-state index in [9.17, 15) is 10.1 Å². The van der Waals surface area contributed by atoms with Gasteiger partial charge in [0.15, 0.2) is 5.16 Å². The number of thioether (sulfide) groups is 1. The Hall–Kier alpha value is -2.54. The van der Waals surface area contributed by atoms with E-state index in [-0.39, 0.29) is 5.69 Å². The minimum atomic E-state index is -0.399. The topological polar surface area (TPSA) is 81.1 Å². The van der Waals surface area contributed by atoms with Crippen molar-refractivity contribution in [2.75, 3.05) is 7.11 Å². The number of nitrogens with zero attached hydrogens (tertiary/aromatic N) is 2. The number of hydrogen-bond donors (Lipinski definition) is 1. The van der Waals surface area contributed by atoms with Gasteiger partial charge in [-0.15, -0.1) is 0 Å². The molecule has 0 unspecified atom stereocenters. The molecule has 112 valence electrons. The summed E-state index contributed by atoms with van der Waals surface area (Å²) in [5, 5.41) is 11.4. The highest BCUT2D eigenvalue weighted by Crippen LogP contribution is 2.26. The number of imidazole rings is 1. The molecule has 7 heteroatoms. The number of ether oxygens (including phenoxy) is 1. The van der Waals surface area contributed by atoms with Crippen LogP contribution in [0.3, 0.4) is 0 Å². The van der Waals surface area contributed by atoms with Crippen LogP contribution in [0, 0.1) is 10.1 Å². The van der Waals surface area contributed by atoms with Crippen molar-refractivity contribution in [3.8, 4) is 5.75 Å². The van der Waals surface area contributed by atoms with Gasteiger partial charge < -0.3 is 9.72 Å². The third kappa shape index (κ3) is 3.04. The lowest BCUT2D eigenvalue weighted by Crippen LogP contribution is -1.88. The molecule has 2 aromatic carbocycles. The van der Waals surface area contributed by atoms with Crippen molar-refractivity contribution < 1.29 is 9.66 Å². The lowest BCUT2D eigenvalue weighted by Gasteiger charge is -1.98. The number of nitro groups is 1. The maximum atomic E-state index is 10.6. The van der Waals surface area contributed by atoms with Gasteiger partial charge in [-0.25, -0.2) is 4.98 Å². The van der Waals surface area contributed by atoms with E-state index in [1.807, 2.05) is 18.2 Å². The molecule has 1 N–H and O–H groups in total. The van der Waals surface area contributed by atoms with Gasteiger partial charge in [0, 0.05) is 24.0 Å². The van der Waals surface area contributed by atoms with Gasteiger partial charge in [0.2, 0.25) is 0 Å². The van der Waals surface area contributed by atoms with Gasteiger partial charge in [0.25, 0.3) is 5.69 Å². The summed E-state index contributed by atoms with van der Waals surface area (Å²) in [6, 6.07) is 12.2. The summed E-state index contributed by atoms with van der Waals surface area (Å²) >= 11 is 1.55. The number of aromatic nitrogens is 2. The molecular weight excluding hydrogens is 302 g/mol. The van der Waals surface area contributed by atoms with Crippen LogP contribution in [0.1, 0.15) is 5.56 Å². The van der Waals surface area contributed by atoms with Crippen LogP contribution < -0.4 is 4.74 Å². The van der Waals surface area contributed by atoms with E-state index in [1.54, 1.807) is 31.0 Å². The normalized spacial score (nSPS) is 10.8. The molecule has 3 rings (SSSR count). The fourth-order valence-corrected chi connectivity index (χ4v) is 2.87. The number of benzene rings is 2. The maximum absolute atomic E-state index is 10.6. The minimum Gasteiger partial charge on any atom is -0.497 e. The summed E-state index contributed by atoms with van der Waals surface area (Å²) in [4.78, 5) is 17.9. The predicted molar refractivity (Wildman–Crippen MR) is 85.3 cm³/mol. The van der Waals surface area contributed by atoms with Crippen molar-refractivity contribution in [1.29, 1.82) is 0 Å². The van der Waals surface area contributed by atoms with Crippen molar-refractivity contribution in [1.82, 2.24) is 9.97 Å². The first-order valence-corrected chi connectivity index (χ1v) is 7.54. The molecule has 3 aromatic rings. The standard InChI is InChI=1S/C15H13N3O3S/c1-21-12-6-7-13-14(8-12)17-15(16-13)22-9-10-2-4-11(5-3-10)18(19)20/h2-8H,9H2,1H3,(H,16,17). The second-order valence-electron chi connectivity index (χ2n) is 4.64. The van der Waals surface area contributed by atoms with E-state index < -0.39 is 4.92 Å². The van der Waals surface area contributed by atoms with Gasteiger partial charge in [-0.2, -0.15) is 0 Å². The Kier molecular flexibility index (Phi) is 3.97. The Morgan fingerprint density at radius 3 is 2.73 bits per heavy atom. The Labute approximate surface area is 130 Å². The lowest BCUT2D eigenvalue weighted by molar-refractivity contribution is -0.384. The second kappa shape index (κ2) is 6.07. The molecular formula is C15H13N3O3S. The molecule has 6 nitrogen and oxygen atoms in total. The number of methoxy groups -OCH3 is 1. The number of rotatable bonds is 5. The highest BCUT2D eigenvalue weighted by atomic mass is 32.2. The number of nitro benzene ring substituents is 1. The molecule has 0 spiro atoms. The zero-order valence-corrected chi connectivity index (χ0v) is 12.6. The highest BCUT2D eigenvalue weighted by Gasteiger charge is 2.07. The Morgan fingerprint density at radius 2 is 2.05 bits per heavy atom.